The molecule has 0 aromatic heterocycles. The van der Waals surface area contributed by atoms with Crippen molar-refractivity contribution < 1.29 is 17.4 Å². The number of carbonyl (C=O) groups is 1. The summed E-state index contributed by atoms with van der Waals surface area (Å²) in [6.07, 6.45) is 0. The predicted octanol–water partition coefficient (Wildman–Crippen LogP) is 0.0228. The Hall–Kier alpha value is -0.840. The average molecular weight is 150 g/mol. The van der Waals surface area contributed by atoms with Gasteiger partial charge in [0, 0.05) is 6.92 Å². The van der Waals surface area contributed by atoms with Crippen molar-refractivity contribution in [3.8, 4) is 0 Å². The number of carbonyl (C=O) groups excluding carboxylic acids is 1. The molecule has 0 saturated heterocycles. The molecule has 0 unspecified atom stereocenters. The molecule has 0 bridgehead atoms. The van der Waals surface area contributed by atoms with E-state index in [1.807, 2.05) is 0 Å². The minimum Gasteiger partial charge on any atom is -0.343 e. The second-order valence-corrected chi connectivity index (χ2v) is 2.72. The van der Waals surface area contributed by atoms with Crippen LogP contribution in [0.25, 0.3) is 0 Å². The molecule has 5 heteroatoms. The molecule has 0 aromatic carbocycles. The quantitative estimate of drug-likeness (QED) is 0.521. The van der Waals surface area contributed by atoms with Crippen LogP contribution in [0.5, 0.6) is 0 Å². The van der Waals surface area contributed by atoms with Crippen LogP contribution >= 0.6 is 0 Å². The van der Waals surface area contributed by atoms with Crippen LogP contribution in [0.1, 0.15) is 6.92 Å². The first-order chi connectivity index (χ1) is 3.98. The first kappa shape index (κ1) is 8.16. The van der Waals surface area contributed by atoms with Gasteiger partial charge < -0.3 is 4.18 Å². The van der Waals surface area contributed by atoms with Gasteiger partial charge in [-0.15, -0.1) is 0 Å². The molecule has 0 atom stereocenters. The zero-order valence-electron chi connectivity index (χ0n) is 4.83. The summed E-state index contributed by atoms with van der Waals surface area (Å²) in [5, 5.41) is 0.564. The van der Waals surface area contributed by atoms with Crippen LogP contribution in [0.2, 0.25) is 0 Å². The topological polar surface area (TPSA) is 60.4 Å². The lowest BCUT2D eigenvalue weighted by Gasteiger charge is -1.93. The second kappa shape index (κ2) is 2.63. The molecule has 0 radical (unpaired) electrons. The summed E-state index contributed by atoms with van der Waals surface area (Å²) in [7, 11) is -3.80. The van der Waals surface area contributed by atoms with E-state index in [4.69, 9.17) is 0 Å². The maximum atomic E-state index is 10.2. The number of hydrogen-bond donors (Lipinski definition) is 0. The lowest BCUT2D eigenvalue weighted by molar-refractivity contribution is -0.131. The summed E-state index contributed by atoms with van der Waals surface area (Å²) in [6.45, 7) is 3.92. The third kappa shape index (κ3) is 3.72. The molecule has 0 heterocycles. The molecule has 0 spiro atoms. The van der Waals surface area contributed by atoms with E-state index in [0.717, 1.165) is 6.92 Å². The molecule has 0 aliphatic heterocycles. The molecule has 0 saturated carbocycles. The van der Waals surface area contributed by atoms with Gasteiger partial charge in [-0.05, 0) is 0 Å². The normalized spacial score (nSPS) is 10.3. The Morgan fingerprint density at radius 1 is 1.67 bits per heavy atom. The Morgan fingerprint density at radius 3 is 2.22 bits per heavy atom. The minimum absolute atomic E-state index is 0.564. The van der Waals surface area contributed by atoms with Gasteiger partial charge in [-0.3, -0.25) is 4.79 Å². The van der Waals surface area contributed by atoms with Gasteiger partial charge in [0.2, 0.25) is 0 Å². The fourth-order valence-electron chi connectivity index (χ4n) is 0.198. The van der Waals surface area contributed by atoms with Gasteiger partial charge in [-0.25, -0.2) is 0 Å². The molecule has 0 rings (SSSR count). The molecule has 0 aromatic rings. The van der Waals surface area contributed by atoms with Crippen molar-refractivity contribution in [1.82, 2.24) is 0 Å². The van der Waals surface area contributed by atoms with Crippen molar-refractivity contribution >= 4 is 16.1 Å². The van der Waals surface area contributed by atoms with Crippen molar-refractivity contribution in [2.75, 3.05) is 0 Å². The van der Waals surface area contributed by atoms with Gasteiger partial charge in [-0.1, -0.05) is 6.58 Å². The SMILES string of the molecule is C=CS(=O)(=O)OC(C)=O. The lowest BCUT2D eigenvalue weighted by atomic mass is 10.9. The van der Waals surface area contributed by atoms with Crippen LogP contribution < -0.4 is 0 Å². The highest BCUT2D eigenvalue weighted by Crippen LogP contribution is 1.92. The summed E-state index contributed by atoms with van der Waals surface area (Å²) >= 11 is 0. The second-order valence-electron chi connectivity index (χ2n) is 1.23. The van der Waals surface area contributed by atoms with Gasteiger partial charge in [0.25, 0.3) is 0 Å². The van der Waals surface area contributed by atoms with Crippen LogP contribution in [0.4, 0.5) is 0 Å². The van der Waals surface area contributed by atoms with Gasteiger partial charge >= 0.3 is 16.1 Å². The highest BCUT2D eigenvalue weighted by Gasteiger charge is 2.06. The minimum atomic E-state index is -3.80. The molecule has 0 amide bonds. The van der Waals surface area contributed by atoms with E-state index in [0.29, 0.717) is 5.41 Å². The molecular weight excluding hydrogens is 144 g/mol. The molecule has 0 N–H and O–H groups in total. The van der Waals surface area contributed by atoms with E-state index >= 15 is 0 Å². The predicted molar refractivity (Wildman–Crippen MR) is 30.9 cm³/mol. The summed E-state index contributed by atoms with van der Waals surface area (Å²) in [6, 6.07) is 0. The Labute approximate surface area is 53.3 Å². The van der Waals surface area contributed by atoms with Crippen LogP contribution in [-0.4, -0.2) is 14.4 Å². The zero-order valence-corrected chi connectivity index (χ0v) is 5.64. The van der Waals surface area contributed by atoms with Gasteiger partial charge in [-0.2, -0.15) is 8.42 Å². The third-order valence-corrected chi connectivity index (χ3v) is 1.31. The Morgan fingerprint density at radius 2 is 2.11 bits per heavy atom. The van der Waals surface area contributed by atoms with Gasteiger partial charge in [0.15, 0.2) is 0 Å². The van der Waals surface area contributed by atoms with Crippen LogP contribution in [0.15, 0.2) is 12.0 Å². The van der Waals surface area contributed by atoms with Crippen LogP contribution in [-0.2, 0) is 19.1 Å². The molecule has 4 nitrogen and oxygen atoms in total. The standard InChI is InChI=1S/C4H6O4S/c1-3-9(6,7)8-4(2)5/h3H,1H2,2H3. The Kier molecular flexibility index (Phi) is 2.39. The first-order valence-corrected chi connectivity index (χ1v) is 3.52. The number of rotatable bonds is 2. The van der Waals surface area contributed by atoms with E-state index in [1.54, 1.807) is 0 Å². The number of hydrogen-bond acceptors (Lipinski definition) is 4. The monoisotopic (exact) mass is 150 g/mol. The van der Waals surface area contributed by atoms with Crippen molar-refractivity contribution in [3.63, 3.8) is 0 Å². The Bertz CT molecular complexity index is 213. The van der Waals surface area contributed by atoms with Crippen molar-refractivity contribution in [2.45, 2.75) is 6.92 Å². The molecule has 52 valence electrons. The van der Waals surface area contributed by atoms with E-state index in [2.05, 4.69) is 10.8 Å². The smallest absolute Gasteiger partial charge is 0.334 e. The van der Waals surface area contributed by atoms with Crippen molar-refractivity contribution in [3.05, 3.63) is 12.0 Å². The molecule has 0 aliphatic rings. The van der Waals surface area contributed by atoms with Crippen LogP contribution in [0.3, 0.4) is 0 Å². The van der Waals surface area contributed by atoms with Gasteiger partial charge in [0.05, 0.1) is 5.41 Å². The van der Waals surface area contributed by atoms with E-state index < -0.39 is 16.1 Å². The fraction of sp³-hybridized carbons (Fsp3) is 0.250. The van der Waals surface area contributed by atoms with Gasteiger partial charge in [0.1, 0.15) is 0 Å². The van der Waals surface area contributed by atoms with E-state index in [9.17, 15) is 13.2 Å². The van der Waals surface area contributed by atoms with E-state index in [1.165, 1.54) is 0 Å². The largest absolute Gasteiger partial charge is 0.343 e. The summed E-state index contributed by atoms with van der Waals surface area (Å²) in [4.78, 5) is 9.97. The maximum Gasteiger partial charge on any atom is 0.334 e. The molecule has 9 heavy (non-hydrogen) atoms. The summed E-state index contributed by atoms with van der Waals surface area (Å²) in [5.41, 5.74) is 0. The third-order valence-electron chi connectivity index (χ3n) is 0.438. The summed E-state index contributed by atoms with van der Waals surface area (Å²) in [5.74, 6) is -0.866. The fourth-order valence-corrected chi connectivity index (χ4v) is 0.593. The maximum absolute atomic E-state index is 10.2. The molecule has 0 aliphatic carbocycles. The van der Waals surface area contributed by atoms with Crippen molar-refractivity contribution in [1.29, 1.82) is 0 Å². The molecule has 0 fully saturated rings. The Balaban J connectivity index is 4.23. The highest BCUT2D eigenvalue weighted by atomic mass is 32.2. The van der Waals surface area contributed by atoms with E-state index in [-0.39, 0.29) is 0 Å². The van der Waals surface area contributed by atoms with Crippen molar-refractivity contribution in [2.24, 2.45) is 0 Å². The highest BCUT2D eigenvalue weighted by molar-refractivity contribution is 7.90. The molecular formula is C4H6O4S. The average Bonchev–Trinajstić information content (AvgIpc) is 1.63. The van der Waals surface area contributed by atoms with Crippen LogP contribution in [0, 0.1) is 0 Å². The summed E-state index contributed by atoms with van der Waals surface area (Å²) < 4.78 is 24.3. The first-order valence-electron chi connectivity index (χ1n) is 2.05. The zero-order chi connectivity index (χ0) is 7.49. The lowest BCUT2D eigenvalue weighted by Crippen LogP contribution is -2.05.